The second-order valence-corrected chi connectivity index (χ2v) is 9.83. The first-order chi connectivity index (χ1) is 17.7. The molecule has 1 unspecified atom stereocenters. The van der Waals surface area contributed by atoms with E-state index in [2.05, 4.69) is 10.6 Å². The zero-order chi connectivity index (χ0) is 26.8. The summed E-state index contributed by atoms with van der Waals surface area (Å²) in [5.74, 6) is -0.431. The molecule has 200 valence electrons. The lowest BCUT2D eigenvalue weighted by molar-refractivity contribution is -0.141. The van der Waals surface area contributed by atoms with E-state index in [1.54, 1.807) is 48.2 Å². The molecule has 0 saturated carbocycles. The van der Waals surface area contributed by atoms with Crippen LogP contribution in [-0.2, 0) is 27.2 Å². The minimum atomic E-state index is -1.25. The number of carbonyl (C=O) groups excluding carboxylic acids is 3. The average Bonchev–Trinajstić information content (AvgIpc) is 3.37. The van der Waals surface area contributed by atoms with Crippen molar-refractivity contribution in [3.8, 4) is 11.5 Å². The molecule has 1 fully saturated rings. The number of hydrogen-bond acceptors (Lipinski definition) is 6. The molecular formula is C28H38N4O5. The first-order valence-corrected chi connectivity index (χ1v) is 12.9. The number of hydrogen-bond donors (Lipinski definition) is 5. The molecule has 9 heteroatoms. The molecule has 9 nitrogen and oxygen atoms in total. The van der Waals surface area contributed by atoms with Crippen molar-refractivity contribution in [1.29, 1.82) is 0 Å². The molecule has 3 amide bonds. The Kier molecular flexibility index (Phi) is 9.91. The first kappa shape index (κ1) is 28.0. The van der Waals surface area contributed by atoms with Gasteiger partial charge in [0, 0.05) is 25.9 Å². The van der Waals surface area contributed by atoms with Crippen molar-refractivity contribution in [3.05, 3.63) is 59.7 Å². The van der Waals surface area contributed by atoms with Gasteiger partial charge >= 0.3 is 0 Å². The van der Waals surface area contributed by atoms with Crippen molar-refractivity contribution in [2.45, 2.75) is 63.5 Å². The van der Waals surface area contributed by atoms with Crippen LogP contribution in [0.1, 0.15) is 50.2 Å². The van der Waals surface area contributed by atoms with Gasteiger partial charge in [0.05, 0.1) is 0 Å². The molecule has 6 N–H and O–H groups in total. The Labute approximate surface area is 218 Å². The normalized spacial score (nSPS) is 16.7. The fourth-order valence-corrected chi connectivity index (χ4v) is 4.65. The highest BCUT2D eigenvalue weighted by molar-refractivity contribution is 5.94. The molecular weight excluding hydrogens is 472 g/mol. The number of phenols is 2. The van der Waals surface area contributed by atoms with Crippen molar-refractivity contribution in [3.63, 3.8) is 0 Å². The van der Waals surface area contributed by atoms with E-state index < -0.39 is 11.6 Å². The summed E-state index contributed by atoms with van der Waals surface area (Å²) in [7, 11) is 0. The minimum Gasteiger partial charge on any atom is -0.508 e. The lowest BCUT2D eigenvalue weighted by Gasteiger charge is -2.33. The highest BCUT2D eigenvalue weighted by atomic mass is 16.3. The van der Waals surface area contributed by atoms with Crippen LogP contribution in [0.15, 0.2) is 48.5 Å². The molecule has 1 saturated heterocycles. The molecule has 3 rings (SSSR count). The quantitative estimate of drug-likeness (QED) is 0.276. The van der Waals surface area contributed by atoms with E-state index in [0.29, 0.717) is 51.7 Å². The second kappa shape index (κ2) is 13.1. The summed E-state index contributed by atoms with van der Waals surface area (Å²) in [5, 5.41) is 24.8. The van der Waals surface area contributed by atoms with Crippen LogP contribution < -0.4 is 16.4 Å². The van der Waals surface area contributed by atoms with Gasteiger partial charge in [0.25, 0.3) is 0 Å². The minimum absolute atomic E-state index is 0.0796. The molecule has 2 aromatic carbocycles. The van der Waals surface area contributed by atoms with Crippen LogP contribution >= 0.6 is 0 Å². The summed E-state index contributed by atoms with van der Waals surface area (Å²) in [6.45, 7) is 3.01. The van der Waals surface area contributed by atoms with Crippen molar-refractivity contribution < 1.29 is 24.6 Å². The number of nitrogens with one attached hydrogen (secondary N) is 2. The van der Waals surface area contributed by atoms with Gasteiger partial charge in [-0.1, -0.05) is 24.3 Å². The van der Waals surface area contributed by atoms with E-state index in [9.17, 15) is 24.6 Å². The van der Waals surface area contributed by atoms with Gasteiger partial charge in [-0.15, -0.1) is 0 Å². The van der Waals surface area contributed by atoms with Gasteiger partial charge in [0.15, 0.2) is 0 Å². The van der Waals surface area contributed by atoms with Crippen LogP contribution in [-0.4, -0.2) is 64.0 Å². The first-order valence-electron chi connectivity index (χ1n) is 12.9. The number of rotatable bonds is 12. The predicted octanol–water partition coefficient (Wildman–Crippen LogP) is 1.99. The smallest absolute Gasteiger partial charge is 0.245 e. The Balaban J connectivity index is 1.65. The maximum atomic E-state index is 13.4. The highest BCUT2D eigenvalue weighted by Crippen LogP contribution is 2.23. The van der Waals surface area contributed by atoms with Gasteiger partial charge in [0.2, 0.25) is 17.7 Å². The number of benzene rings is 2. The third kappa shape index (κ3) is 7.95. The molecule has 0 radical (unpaired) electrons. The number of phenolic OH excluding ortho intramolecular Hbond substituents is 2. The average molecular weight is 511 g/mol. The van der Waals surface area contributed by atoms with Crippen LogP contribution in [0.5, 0.6) is 11.5 Å². The summed E-state index contributed by atoms with van der Waals surface area (Å²) < 4.78 is 0. The number of aryl methyl sites for hydroxylation is 1. The van der Waals surface area contributed by atoms with Crippen LogP contribution in [0.3, 0.4) is 0 Å². The molecule has 37 heavy (non-hydrogen) atoms. The molecule has 1 aliphatic heterocycles. The standard InChI is InChI=1S/C28H38N4O5/c1-28(27(37)30-17-4-16-29,19-21-10-14-23(34)15-11-21)31-26(36)24-6-3-18-32(24)25(35)7-2-5-20-8-12-22(33)13-9-20/h8-15,24,33-34H,2-7,16-19,29H2,1H3,(H,30,37)(H,31,36)/t24-,28?/m0/s1. The van der Waals surface area contributed by atoms with Crippen LogP contribution in [0.2, 0.25) is 0 Å². The summed E-state index contributed by atoms with van der Waals surface area (Å²) in [5.41, 5.74) is 6.11. The summed E-state index contributed by atoms with van der Waals surface area (Å²) in [6.07, 6.45) is 3.75. The molecule has 0 aromatic heterocycles. The number of carbonyl (C=O) groups is 3. The SMILES string of the molecule is CC(Cc1ccc(O)cc1)(NC(=O)[C@@H]1CCCN1C(=O)CCCc1ccc(O)cc1)C(=O)NCCCN. The van der Waals surface area contributed by atoms with Crippen LogP contribution in [0.25, 0.3) is 0 Å². The lowest BCUT2D eigenvalue weighted by Crippen LogP contribution is -2.61. The van der Waals surface area contributed by atoms with Crippen molar-refractivity contribution >= 4 is 17.7 Å². The third-order valence-electron chi connectivity index (χ3n) is 6.73. The van der Waals surface area contributed by atoms with Gasteiger partial charge < -0.3 is 31.5 Å². The Morgan fingerprint density at radius 3 is 2.24 bits per heavy atom. The Morgan fingerprint density at radius 1 is 1.00 bits per heavy atom. The largest absolute Gasteiger partial charge is 0.508 e. The molecule has 2 aromatic rings. The van der Waals surface area contributed by atoms with E-state index in [-0.39, 0.29) is 35.6 Å². The van der Waals surface area contributed by atoms with Gasteiger partial charge in [-0.25, -0.2) is 0 Å². The zero-order valence-corrected chi connectivity index (χ0v) is 21.4. The second-order valence-electron chi connectivity index (χ2n) is 9.83. The Bertz CT molecular complexity index is 1060. The number of likely N-dealkylation sites (tertiary alicyclic amines) is 1. The van der Waals surface area contributed by atoms with Crippen LogP contribution in [0, 0.1) is 0 Å². The molecule has 1 aliphatic rings. The van der Waals surface area contributed by atoms with E-state index in [4.69, 9.17) is 5.73 Å². The number of nitrogens with two attached hydrogens (primary N) is 1. The highest BCUT2D eigenvalue weighted by Gasteiger charge is 2.40. The lowest BCUT2D eigenvalue weighted by atomic mass is 9.90. The fourth-order valence-electron chi connectivity index (χ4n) is 4.65. The van der Waals surface area contributed by atoms with Crippen molar-refractivity contribution in [2.75, 3.05) is 19.6 Å². The summed E-state index contributed by atoms with van der Waals surface area (Å²) in [4.78, 5) is 41.2. The van der Waals surface area contributed by atoms with Crippen molar-refractivity contribution in [2.24, 2.45) is 5.73 Å². The predicted molar refractivity (Wildman–Crippen MR) is 141 cm³/mol. The Morgan fingerprint density at radius 2 is 1.62 bits per heavy atom. The summed E-state index contributed by atoms with van der Waals surface area (Å²) >= 11 is 0. The molecule has 0 aliphatic carbocycles. The number of aromatic hydroxyl groups is 2. The number of nitrogens with zero attached hydrogens (tertiary/aromatic N) is 1. The van der Waals surface area contributed by atoms with Gasteiger partial charge in [-0.05, 0) is 81.0 Å². The van der Waals surface area contributed by atoms with Crippen molar-refractivity contribution in [1.82, 2.24) is 15.5 Å². The molecule has 0 bridgehead atoms. The zero-order valence-electron chi connectivity index (χ0n) is 21.4. The monoisotopic (exact) mass is 510 g/mol. The molecule has 1 heterocycles. The fraction of sp³-hybridized carbons (Fsp3) is 0.464. The van der Waals surface area contributed by atoms with Crippen LogP contribution in [0.4, 0.5) is 0 Å². The van der Waals surface area contributed by atoms with Gasteiger partial charge in [-0.3, -0.25) is 14.4 Å². The van der Waals surface area contributed by atoms with Gasteiger partial charge in [-0.2, -0.15) is 0 Å². The molecule has 2 atom stereocenters. The van der Waals surface area contributed by atoms with E-state index in [0.717, 1.165) is 17.5 Å². The maximum Gasteiger partial charge on any atom is 0.245 e. The maximum absolute atomic E-state index is 13.4. The topological polar surface area (TPSA) is 145 Å². The molecule has 0 spiro atoms. The van der Waals surface area contributed by atoms with E-state index in [1.807, 2.05) is 12.1 Å². The van der Waals surface area contributed by atoms with Gasteiger partial charge in [0.1, 0.15) is 23.1 Å². The van der Waals surface area contributed by atoms with E-state index in [1.165, 1.54) is 0 Å². The Hall–Kier alpha value is -3.59. The summed E-state index contributed by atoms with van der Waals surface area (Å²) in [6, 6.07) is 12.8. The number of amides is 3. The van der Waals surface area contributed by atoms with E-state index >= 15 is 0 Å². The third-order valence-corrected chi connectivity index (χ3v) is 6.73.